The number of nitrogens with zero attached hydrogens (tertiary/aromatic N) is 3. The summed E-state index contributed by atoms with van der Waals surface area (Å²) in [5.41, 5.74) is -0.0419. The van der Waals surface area contributed by atoms with Crippen LogP contribution in [0, 0.1) is 0 Å². The molecule has 1 aliphatic heterocycles. The zero-order valence-corrected chi connectivity index (χ0v) is 25.7. The Kier molecular flexibility index (Phi) is 9.21. The van der Waals surface area contributed by atoms with Crippen LogP contribution in [0.3, 0.4) is 0 Å². The molecule has 11 heteroatoms. The van der Waals surface area contributed by atoms with E-state index in [1.807, 2.05) is 20.8 Å². The first-order valence-electron chi connectivity index (χ1n) is 12.8. The maximum atomic E-state index is 13.2. The SMILES string of the molecule is COc1ccc(Oc2nc(Cl)ncc2NCC2CC(O[Si](C)(C)C(C)(C)C)CN2C(=O)OC(C)(C)C)cc1. The molecule has 1 aromatic carbocycles. The van der Waals surface area contributed by atoms with Gasteiger partial charge in [-0.15, -0.1) is 0 Å². The summed E-state index contributed by atoms with van der Waals surface area (Å²) in [5, 5.41) is 3.49. The summed E-state index contributed by atoms with van der Waals surface area (Å²) in [6.45, 7) is 17.6. The predicted molar refractivity (Wildman–Crippen MR) is 152 cm³/mol. The number of amides is 1. The van der Waals surface area contributed by atoms with Crippen LogP contribution >= 0.6 is 11.6 Å². The third kappa shape index (κ3) is 7.97. The van der Waals surface area contributed by atoms with Crippen LogP contribution in [0.1, 0.15) is 48.0 Å². The second-order valence-corrected chi connectivity index (χ2v) is 17.1. The number of likely N-dealkylation sites (tertiary alicyclic amines) is 1. The van der Waals surface area contributed by atoms with Gasteiger partial charge in [-0.1, -0.05) is 20.8 Å². The smallest absolute Gasteiger partial charge is 0.410 e. The van der Waals surface area contributed by atoms with E-state index in [4.69, 9.17) is 30.2 Å². The van der Waals surface area contributed by atoms with Gasteiger partial charge in [0.2, 0.25) is 11.2 Å². The third-order valence-electron chi connectivity index (χ3n) is 6.80. The summed E-state index contributed by atoms with van der Waals surface area (Å²) in [6, 6.07) is 6.99. The molecule has 3 rings (SSSR count). The molecule has 1 saturated heterocycles. The molecule has 2 unspecified atom stereocenters. The number of hydrogen-bond acceptors (Lipinski definition) is 8. The minimum absolute atomic E-state index is 0.0639. The Morgan fingerprint density at radius 2 is 1.76 bits per heavy atom. The van der Waals surface area contributed by atoms with Gasteiger partial charge >= 0.3 is 6.09 Å². The summed E-state index contributed by atoms with van der Waals surface area (Å²) in [7, 11) is -0.421. The van der Waals surface area contributed by atoms with Crippen molar-refractivity contribution < 1.29 is 23.4 Å². The average molecular weight is 565 g/mol. The van der Waals surface area contributed by atoms with Crippen molar-refractivity contribution in [2.45, 2.75) is 83.8 Å². The number of ether oxygens (including phenoxy) is 3. The Balaban J connectivity index is 1.78. The molecule has 0 aliphatic carbocycles. The number of anilines is 1. The number of rotatable bonds is 8. The van der Waals surface area contributed by atoms with Gasteiger partial charge in [0, 0.05) is 13.1 Å². The average Bonchev–Trinajstić information content (AvgIpc) is 3.19. The fraction of sp³-hybridized carbons (Fsp3) is 0.593. The third-order valence-corrected chi connectivity index (χ3v) is 11.5. The van der Waals surface area contributed by atoms with E-state index in [0.717, 1.165) is 0 Å². The van der Waals surface area contributed by atoms with Crippen LogP contribution in [0.4, 0.5) is 10.5 Å². The first-order valence-corrected chi connectivity index (χ1v) is 16.1. The van der Waals surface area contributed by atoms with E-state index in [-0.39, 0.29) is 34.4 Å². The van der Waals surface area contributed by atoms with Crippen molar-refractivity contribution in [2.75, 3.05) is 25.5 Å². The molecule has 2 aromatic rings. The zero-order valence-electron chi connectivity index (χ0n) is 23.9. The van der Waals surface area contributed by atoms with E-state index in [1.54, 1.807) is 42.5 Å². The fourth-order valence-electron chi connectivity index (χ4n) is 3.82. The molecule has 2 atom stereocenters. The van der Waals surface area contributed by atoms with Crippen molar-refractivity contribution in [1.82, 2.24) is 14.9 Å². The van der Waals surface area contributed by atoms with Crippen molar-refractivity contribution in [3.05, 3.63) is 35.7 Å². The van der Waals surface area contributed by atoms with Crippen LogP contribution in [0.25, 0.3) is 0 Å². The summed E-state index contributed by atoms with van der Waals surface area (Å²) in [6.07, 6.45) is 1.83. The lowest BCUT2D eigenvalue weighted by Gasteiger charge is -2.38. The molecule has 0 spiro atoms. The monoisotopic (exact) mass is 564 g/mol. The Labute approximate surface area is 232 Å². The molecular weight excluding hydrogens is 524 g/mol. The summed E-state index contributed by atoms with van der Waals surface area (Å²) in [5.74, 6) is 1.57. The maximum Gasteiger partial charge on any atom is 0.410 e. The molecule has 210 valence electrons. The van der Waals surface area contributed by atoms with Crippen molar-refractivity contribution in [1.29, 1.82) is 0 Å². The van der Waals surface area contributed by atoms with Crippen molar-refractivity contribution in [3.8, 4) is 17.4 Å². The number of hydrogen-bond donors (Lipinski definition) is 1. The van der Waals surface area contributed by atoms with Gasteiger partial charge < -0.3 is 28.9 Å². The molecule has 0 radical (unpaired) electrons. The van der Waals surface area contributed by atoms with E-state index in [2.05, 4.69) is 49.1 Å². The first-order chi connectivity index (χ1) is 17.6. The summed E-state index contributed by atoms with van der Waals surface area (Å²) < 4.78 is 23.6. The molecule has 1 aromatic heterocycles. The largest absolute Gasteiger partial charge is 0.497 e. The molecule has 1 aliphatic rings. The molecule has 38 heavy (non-hydrogen) atoms. The van der Waals surface area contributed by atoms with E-state index >= 15 is 0 Å². The molecule has 1 amide bonds. The van der Waals surface area contributed by atoms with E-state index in [1.165, 1.54) is 0 Å². The first kappa shape index (κ1) is 30.0. The van der Waals surface area contributed by atoms with Crippen LogP contribution in [0.2, 0.25) is 23.4 Å². The van der Waals surface area contributed by atoms with Crippen molar-refractivity contribution in [2.24, 2.45) is 0 Å². The standard InChI is InChI=1S/C27H41ClN4O5Si/c1-26(2,3)36-25(33)32-17-21(37-38(8,9)27(4,5)6)14-18(32)15-29-22-16-30-24(28)31-23(22)35-20-12-10-19(34-7)11-13-20/h10-13,16,18,21,29H,14-15,17H2,1-9H3. The van der Waals surface area contributed by atoms with Gasteiger partial charge in [-0.05, 0) is 81.2 Å². The number of aromatic nitrogens is 2. The summed E-state index contributed by atoms with van der Waals surface area (Å²) in [4.78, 5) is 23.3. The summed E-state index contributed by atoms with van der Waals surface area (Å²) >= 11 is 6.07. The number of methoxy groups -OCH3 is 1. The number of halogens is 1. The van der Waals surface area contributed by atoms with Crippen LogP contribution in [0.5, 0.6) is 17.4 Å². The highest BCUT2D eigenvalue weighted by molar-refractivity contribution is 6.74. The van der Waals surface area contributed by atoms with Gasteiger partial charge in [-0.2, -0.15) is 4.98 Å². The van der Waals surface area contributed by atoms with Crippen LogP contribution in [-0.2, 0) is 9.16 Å². The highest BCUT2D eigenvalue weighted by atomic mass is 35.5. The van der Waals surface area contributed by atoms with Gasteiger partial charge in [0.15, 0.2) is 8.32 Å². The molecule has 0 bridgehead atoms. The van der Waals surface area contributed by atoms with Crippen LogP contribution < -0.4 is 14.8 Å². The highest BCUT2D eigenvalue weighted by Crippen LogP contribution is 2.39. The van der Waals surface area contributed by atoms with Crippen molar-refractivity contribution in [3.63, 3.8) is 0 Å². The maximum absolute atomic E-state index is 13.2. The predicted octanol–water partition coefficient (Wildman–Crippen LogP) is 6.74. The lowest BCUT2D eigenvalue weighted by molar-refractivity contribution is 0.0218. The molecule has 1 N–H and O–H groups in total. The van der Waals surface area contributed by atoms with Crippen LogP contribution in [0.15, 0.2) is 30.5 Å². The topological polar surface area (TPSA) is 95.0 Å². The molecule has 1 fully saturated rings. The Morgan fingerprint density at radius 3 is 2.34 bits per heavy atom. The second-order valence-electron chi connectivity index (χ2n) is 12.0. The number of carbonyl (C=O) groups is 1. The van der Waals surface area contributed by atoms with Crippen LogP contribution in [-0.4, -0.2) is 67.2 Å². The second kappa shape index (κ2) is 11.7. The Hall–Kier alpha value is -2.56. The fourth-order valence-corrected chi connectivity index (χ4v) is 5.30. The van der Waals surface area contributed by atoms with Gasteiger partial charge in [0.1, 0.15) is 22.8 Å². The molecule has 2 heterocycles. The quantitative estimate of drug-likeness (QED) is 0.278. The number of benzene rings is 1. The Morgan fingerprint density at radius 1 is 1.13 bits per heavy atom. The minimum Gasteiger partial charge on any atom is -0.497 e. The highest BCUT2D eigenvalue weighted by Gasteiger charge is 2.44. The van der Waals surface area contributed by atoms with Gasteiger partial charge in [-0.3, -0.25) is 0 Å². The van der Waals surface area contributed by atoms with E-state index < -0.39 is 13.9 Å². The van der Waals surface area contributed by atoms with Gasteiger partial charge in [0.05, 0.1) is 25.5 Å². The lowest BCUT2D eigenvalue weighted by Crippen LogP contribution is -2.45. The van der Waals surface area contributed by atoms with Gasteiger partial charge in [0.25, 0.3) is 0 Å². The number of nitrogens with one attached hydrogen (secondary N) is 1. The van der Waals surface area contributed by atoms with E-state index in [9.17, 15) is 4.79 Å². The minimum atomic E-state index is -2.03. The molecule has 0 saturated carbocycles. The molecular formula is C27H41ClN4O5Si. The van der Waals surface area contributed by atoms with Gasteiger partial charge in [-0.25, -0.2) is 9.78 Å². The normalized spacial score (nSPS) is 18.3. The van der Waals surface area contributed by atoms with E-state index in [0.29, 0.717) is 36.7 Å². The zero-order chi connectivity index (χ0) is 28.3. The Bertz CT molecular complexity index is 1100. The van der Waals surface area contributed by atoms with Crippen molar-refractivity contribution >= 4 is 31.7 Å². The number of carbonyl (C=O) groups excluding carboxylic acids is 1. The molecule has 9 nitrogen and oxygen atoms in total. The lowest BCUT2D eigenvalue weighted by atomic mass is 10.2.